The van der Waals surface area contributed by atoms with E-state index in [0.29, 0.717) is 22.6 Å². The monoisotopic (exact) mass is 446 g/mol. The molecule has 0 spiro atoms. The van der Waals surface area contributed by atoms with Gasteiger partial charge < -0.3 is 16.4 Å². The fourth-order valence-corrected chi connectivity index (χ4v) is 4.37. The van der Waals surface area contributed by atoms with Crippen LogP contribution in [0.5, 0.6) is 0 Å². The molecule has 2 aromatic heterocycles. The van der Waals surface area contributed by atoms with Crippen molar-refractivity contribution in [2.75, 3.05) is 11.1 Å². The van der Waals surface area contributed by atoms with E-state index in [0.717, 1.165) is 5.56 Å². The number of aromatic nitrogens is 3. The van der Waals surface area contributed by atoms with Gasteiger partial charge in [-0.3, -0.25) is 24.0 Å². The zero-order chi connectivity index (χ0) is 23.8. The summed E-state index contributed by atoms with van der Waals surface area (Å²) in [6.45, 7) is 3.70. The molecule has 170 valence electrons. The van der Waals surface area contributed by atoms with Crippen molar-refractivity contribution < 1.29 is 14.4 Å². The van der Waals surface area contributed by atoms with Crippen molar-refractivity contribution in [1.29, 1.82) is 0 Å². The zero-order valence-corrected chi connectivity index (χ0v) is 18.7. The molecule has 33 heavy (non-hydrogen) atoms. The Morgan fingerprint density at radius 1 is 1.09 bits per heavy atom. The molecular formula is C24H26N6O3. The summed E-state index contributed by atoms with van der Waals surface area (Å²) >= 11 is 0. The first-order valence-corrected chi connectivity index (χ1v) is 10.6. The second kappa shape index (κ2) is 8.50. The van der Waals surface area contributed by atoms with E-state index in [-0.39, 0.29) is 18.2 Å². The van der Waals surface area contributed by atoms with Gasteiger partial charge in [-0.15, -0.1) is 0 Å². The summed E-state index contributed by atoms with van der Waals surface area (Å²) in [6.07, 6.45) is 4.95. The Labute approximate surface area is 191 Å². The van der Waals surface area contributed by atoms with Gasteiger partial charge in [-0.1, -0.05) is 19.1 Å². The van der Waals surface area contributed by atoms with E-state index in [1.54, 1.807) is 80.6 Å². The maximum atomic E-state index is 13.5. The minimum absolute atomic E-state index is 0.269. The molecule has 1 saturated carbocycles. The molecule has 3 atom stereocenters. The van der Waals surface area contributed by atoms with Crippen LogP contribution < -0.4 is 16.4 Å². The number of para-hydroxylation sites is 1. The van der Waals surface area contributed by atoms with Crippen LogP contribution in [-0.2, 0) is 23.2 Å². The van der Waals surface area contributed by atoms with Gasteiger partial charge >= 0.3 is 0 Å². The second-order valence-corrected chi connectivity index (χ2v) is 8.52. The molecule has 1 aromatic carbocycles. The lowest BCUT2D eigenvalue weighted by Gasteiger charge is -2.13. The van der Waals surface area contributed by atoms with Gasteiger partial charge in [-0.2, -0.15) is 5.10 Å². The molecule has 0 unspecified atom stereocenters. The number of amides is 2. The van der Waals surface area contributed by atoms with Gasteiger partial charge in [0.15, 0.2) is 5.78 Å². The van der Waals surface area contributed by atoms with Crippen LogP contribution >= 0.6 is 0 Å². The van der Waals surface area contributed by atoms with E-state index in [9.17, 15) is 14.4 Å². The van der Waals surface area contributed by atoms with Crippen LogP contribution in [0.3, 0.4) is 0 Å². The third-order valence-electron chi connectivity index (χ3n) is 6.26. The van der Waals surface area contributed by atoms with Crippen molar-refractivity contribution in [2.24, 2.45) is 24.3 Å². The number of hydrogen-bond donors (Lipinski definition) is 3. The van der Waals surface area contributed by atoms with Gasteiger partial charge in [-0.25, -0.2) is 0 Å². The zero-order valence-electron chi connectivity index (χ0n) is 18.7. The standard InChI is InChI=1S/C24H26N6O3/c1-14-18(13-30(3)29-14)28-23(33)20-19(22(32)27-12-15-8-10-26-11-9-15)24(20,2)21(31)16-6-4-5-7-17(16)25/h4-11,13,19-20H,12,25H2,1-3H3,(H,27,32)(H,28,33)/t19-,20+,24+/m0/s1. The van der Waals surface area contributed by atoms with Crippen LogP contribution in [0, 0.1) is 24.2 Å². The Morgan fingerprint density at radius 3 is 2.39 bits per heavy atom. The quantitative estimate of drug-likeness (QED) is 0.376. The predicted octanol–water partition coefficient (Wildman–Crippen LogP) is 2.10. The van der Waals surface area contributed by atoms with Crippen LogP contribution in [0.1, 0.15) is 28.5 Å². The average molecular weight is 447 g/mol. The lowest BCUT2D eigenvalue weighted by molar-refractivity contribution is -0.125. The summed E-state index contributed by atoms with van der Waals surface area (Å²) in [5.74, 6) is -2.77. The molecule has 4 N–H and O–H groups in total. The summed E-state index contributed by atoms with van der Waals surface area (Å²) in [5, 5.41) is 9.91. The number of aryl methyl sites for hydroxylation is 2. The Morgan fingerprint density at radius 2 is 1.76 bits per heavy atom. The maximum Gasteiger partial charge on any atom is 0.229 e. The molecule has 1 fully saturated rings. The molecule has 2 heterocycles. The number of nitrogens with one attached hydrogen (secondary N) is 2. The lowest BCUT2D eigenvalue weighted by Crippen LogP contribution is -2.29. The van der Waals surface area contributed by atoms with Crippen LogP contribution in [0.2, 0.25) is 0 Å². The summed E-state index contributed by atoms with van der Waals surface area (Å²) < 4.78 is 1.59. The van der Waals surface area contributed by atoms with Crippen molar-refractivity contribution >= 4 is 29.0 Å². The molecule has 0 saturated heterocycles. The maximum absolute atomic E-state index is 13.5. The van der Waals surface area contributed by atoms with E-state index in [1.165, 1.54) is 0 Å². The Balaban J connectivity index is 1.60. The van der Waals surface area contributed by atoms with Gasteiger partial charge in [0.05, 0.1) is 28.6 Å². The number of benzene rings is 1. The number of nitrogens with two attached hydrogens (primary N) is 1. The minimum Gasteiger partial charge on any atom is -0.398 e. The summed E-state index contributed by atoms with van der Waals surface area (Å²) in [7, 11) is 1.75. The molecule has 3 aromatic rings. The summed E-state index contributed by atoms with van der Waals surface area (Å²) in [4.78, 5) is 43.9. The van der Waals surface area contributed by atoms with Crippen molar-refractivity contribution in [1.82, 2.24) is 20.1 Å². The van der Waals surface area contributed by atoms with Crippen molar-refractivity contribution in [3.05, 3.63) is 71.8 Å². The number of ketones is 1. The number of nitrogens with zero attached hydrogens (tertiary/aromatic N) is 3. The minimum atomic E-state index is -1.22. The van der Waals surface area contributed by atoms with Gasteiger partial charge in [0.25, 0.3) is 0 Å². The first kappa shape index (κ1) is 22.2. The van der Waals surface area contributed by atoms with Gasteiger partial charge in [0, 0.05) is 43.4 Å². The van der Waals surface area contributed by atoms with Crippen LogP contribution in [-0.4, -0.2) is 32.4 Å². The first-order chi connectivity index (χ1) is 15.7. The van der Waals surface area contributed by atoms with E-state index < -0.39 is 23.2 Å². The fourth-order valence-electron chi connectivity index (χ4n) is 4.37. The number of anilines is 2. The van der Waals surface area contributed by atoms with E-state index >= 15 is 0 Å². The molecule has 1 aliphatic carbocycles. The molecule has 9 heteroatoms. The van der Waals surface area contributed by atoms with Crippen LogP contribution in [0.25, 0.3) is 0 Å². The van der Waals surface area contributed by atoms with E-state index in [4.69, 9.17) is 5.73 Å². The molecule has 4 rings (SSSR count). The van der Waals surface area contributed by atoms with Gasteiger partial charge in [0.1, 0.15) is 0 Å². The number of rotatable bonds is 7. The van der Waals surface area contributed by atoms with E-state index in [2.05, 4.69) is 20.7 Å². The summed E-state index contributed by atoms with van der Waals surface area (Å²) in [5.41, 5.74) is 7.48. The molecule has 0 aliphatic heterocycles. The molecular weight excluding hydrogens is 420 g/mol. The third-order valence-corrected chi connectivity index (χ3v) is 6.26. The van der Waals surface area contributed by atoms with Gasteiger partial charge in [0.2, 0.25) is 11.8 Å². The highest BCUT2D eigenvalue weighted by molar-refractivity contribution is 6.15. The second-order valence-electron chi connectivity index (χ2n) is 8.52. The average Bonchev–Trinajstić information content (AvgIpc) is 3.32. The number of pyridine rings is 1. The molecule has 1 aliphatic rings. The van der Waals surface area contributed by atoms with Gasteiger partial charge in [-0.05, 0) is 36.8 Å². The Bertz CT molecular complexity index is 1220. The highest BCUT2D eigenvalue weighted by Crippen LogP contribution is 2.61. The van der Waals surface area contributed by atoms with Crippen LogP contribution in [0.4, 0.5) is 11.4 Å². The summed E-state index contributed by atoms with van der Waals surface area (Å²) in [6, 6.07) is 10.3. The van der Waals surface area contributed by atoms with Crippen molar-refractivity contribution in [2.45, 2.75) is 20.4 Å². The molecule has 0 radical (unpaired) electrons. The molecule has 2 amide bonds. The fraction of sp³-hybridized carbons (Fsp3) is 0.292. The molecule has 9 nitrogen and oxygen atoms in total. The SMILES string of the molecule is Cc1nn(C)cc1NC(=O)[C@H]1[C@@H](C(=O)NCc2ccncc2)[C@@]1(C)C(=O)c1ccccc1N. The number of nitrogen functional groups attached to an aromatic ring is 1. The van der Waals surface area contributed by atoms with Crippen molar-refractivity contribution in [3.8, 4) is 0 Å². The number of carbonyl (C=O) groups excluding carboxylic acids is 3. The van der Waals surface area contributed by atoms with Crippen LogP contribution in [0.15, 0.2) is 55.0 Å². The molecule has 0 bridgehead atoms. The lowest BCUT2D eigenvalue weighted by atomic mass is 9.91. The smallest absolute Gasteiger partial charge is 0.229 e. The third kappa shape index (κ3) is 4.09. The topological polar surface area (TPSA) is 132 Å². The van der Waals surface area contributed by atoms with E-state index in [1.807, 2.05) is 0 Å². The normalized spacial score (nSPS) is 21.3. The number of carbonyl (C=O) groups is 3. The Kier molecular flexibility index (Phi) is 5.71. The first-order valence-electron chi connectivity index (χ1n) is 10.6. The highest BCUT2D eigenvalue weighted by Gasteiger charge is 2.72. The number of Topliss-reactive ketones (excluding diaryl/α,β-unsaturated/α-hetero) is 1. The highest BCUT2D eigenvalue weighted by atomic mass is 16.2. The van der Waals surface area contributed by atoms with Crippen molar-refractivity contribution in [3.63, 3.8) is 0 Å². The Hall–Kier alpha value is -4.01. The predicted molar refractivity (Wildman–Crippen MR) is 123 cm³/mol. The number of hydrogen-bond acceptors (Lipinski definition) is 6. The largest absolute Gasteiger partial charge is 0.398 e.